The van der Waals surface area contributed by atoms with Gasteiger partial charge in [-0.15, -0.1) is 11.3 Å². The summed E-state index contributed by atoms with van der Waals surface area (Å²) in [5, 5.41) is 5.67. The second-order valence-corrected chi connectivity index (χ2v) is 6.42. The molecule has 0 fully saturated rings. The second kappa shape index (κ2) is 7.43. The van der Waals surface area contributed by atoms with E-state index in [2.05, 4.69) is 15.3 Å². The SMILES string of the molecule is Cc1nc([C@H](C)NC(=O)c2coc(COc3ccc(F)cc3)n2)cs1. The molecule has 2 heterocycles. The Hall–Kier alpha value is -2.74. The van der Waals surface area contributed by atoms with Crippen molar-refractivity contribution in [1.29, 1.82) is 0 Å². The number of nitrogens with zero attached hydrogens (tertiary/aromatic N) is 2. The molecule has 1 atom stereocenters. The number of amides is 1. The predicted octanol–water partition coefficient (Wildman–Crippen LogP) is 3.65. The van der Waals surface area contributed by atoms with Crippen molar-refractivity contribution in [2.45, 2.75) is 26.5 Å². The van der Waals surface area contributed by atoms with Crippen molar-refractivity contribution in [3.05, 3.63) is 64.0 Å². The Morgan fingerprint density at radius 2 is 2.12 bits per heavy atom. The minimum Gasteiger partial charge on any atom is -0.484 e. The Morgan fingerprint density at radius 1 is 1.36 bits per heavy atom. The average Bonchev–Trinajstić information content (AvgIpc) is 3.23. The van der Waals surface area contributed by atoms with E-state index in [9.17, 15) is 9.18 Å². The molecule has 6 nitrogen and oxygen atoms in total. The molecule has 25 heavy (non-hydrogen) atoms. The number of thiazole rings is 1. The summed E-state index contributed by atoms with van der Waals surface area (Å²) in [6.45, 7) is 3.80. The molecule has 0 bridgehead atoms. The zero-order valence-electron chi connectivity index (χ0n) is 13.7. The van der Waals surface area contributed by atoms with Crippen LogP contribution in [0.4, 0.5) is 4.39 Å². The number of benzene rings is 1. The van der Waals surface area contributed by atoms with Crippen LogP contribution in [0.5, 0.6) is 5.75 Å². The van der Waals surface area contributed by atoms with Crippen molar-refractivity contribution >= 4 is 17.2 Å². The monoisotopic (exact) mass is 361 g/mol. The molecule has 0 aliphatic heterocycles. The zero-order valence-corrected chi connectivity index (χ0v) is 14.5. The molecule has 0 saturated carbocycles. The molecule has 0 spiro atoms. The van der Waals surface area contributed by atoms with Crippen LogP contribution in [-0.4, -0.2) is 15.9 Å². The van der Waals surface area contributed by atoms with E-state index in [0.717, 1.165) is 10.7 Å². The third-order valence-electron chi connectivity index (χ3n) is 3.39. The van der Waals surface area contributed by atoms with Gasteiger partial charge in [0.25, 0.3) is 5.91 Å². The van der Waals surface area contributed by atoms with Gasteiger partial charge in [-0.25, -0.2) is 14.4 Å². The molecule has 8 heteroatoms. The van der Waals surface area contributed by atoms with E-state index in [1.807, 2.05) is 19.2 Å². The number of carbonyl (C=O) groups excluding carboxylic acids is 1. The average molecular weight is 361 g/mol. The molecule has 0 unspecified atom stereocenters. The Bertz CT molecular complexity index is 860. The van der Waals surface area contributed by atoms with E-state index in [-0.39, 0.29) is 36.0 Å². The van der Waals surface area contributed by atoms with Gasteiger partial charge >= 0.3 is 0 Å². The number of hydrogen-bond donors (Lipinski definition) is 1. The predicted molar refractivity (Wildman–Crippen MR) is 90.0 cm³/mol. The lowest BCUT2D eigenvalue weighted by molar-refractivity contribution is 0.0934. The van der Waals surface area contributed by atoms with E-state index < -0.39 is 0 Å². The molecular weight excluding hydrogens is 345 g/mol. The van der Waals surface area contributed by atoms with Crippen molar-refractivity contribution < 1.29 is 18.3 Å². The normalized spacial score (nSPS) is 12.0. The molecule has 0 aliphatic carbocycles. The fourth-order valence-electron chi connectivity index (χ4n) is 2.08. The topological polar surface area (TPSA) is 77.2 Å². The third-order valence-corrected chi connectivity index (χ3v) is 4.18. The van der Waals surface area contributed by atoms with Crippen molar-refractivity contribution in [1.82, 2.24) is 15.3 Å². The fraction of sp³-hybridized carbons (Fsp3) is 0.235. The van der Waals surface area contributed by atoms with E-state index in [1.54, 1.807) is 0 Å². The Balaban J connectivity index is 1.56. The molecule has 3 rings (SSSR count). The number of aromatic nitrogens is 2. The van der Waals surface area contributed by atoms with Gasteiger partial charge in [-0.05, 0) is 38.1 Å². The molecule has 1 N–H and O–H groups in total. The summed E-state index contributed by atoms with van der Waals surface area (Å²) in [7, 11) is 0. The van der Waals surface area contributed by atoms with Gasteiger partial charge in [0.2, 0.25) is 5.89 Å². The van der Waals surface area contributed by atoms with Crippen LogP contribution in [0.15, 0.2) is 40.3 Å². The van der Waals surface area contributed by atoms with Crippen LogP contribution in [-0.2, 0) is 6.61 Å². The first-order valence-corrected chi connectivity index (χ1v) is 8.45. The summed E-state index contributed by atoms with van der Waals surface area (Å²) < 4.78 is 23.5. The number of aryl methyl sites for hydroxylation is 1. The highest BCUT2D eigenvalue weighted by Gasteiger charge is 2.17. The van der Waals surface area contributed by atoms with Crippen LogP contribution in [0.1, 0.15) is 40.0 Å². The number of oxazole rings is 1. The van der Waals surface area contributed by atoms with Crippen molar-refractivity contribution in [2.24, 2.45) is 0 Å². The summed E-state index contributed by atoms with van der Waals surface area (Å²) in [5.41, 5.74) is 0.968. The van der Waals surface area contributed by atoms with Gasteiger partial charge in [0.1, 0.15) is 17.8 Å². The van der Waals surface area contributed by atoms with E-state index in [0.29, 0.717) is 5.75 Å². The summed E-state index contributed by atoms with van der Waals surface area (Å²) in [6.07, 6.45) is 1.28. The van der Waals surface area contributed by atoms with E-state index in [4.69, 9.17) is 9.15 Å². The Labute approximate surface area is 147 Å². The smallest absolute Gasteiger partial charge is 0.273 e. The lowest BCUT2D eigenvalue weighted by Crippen LogP contribution is -2.27. The van der Waals surface area contributed by atoms with Gasteiger partial charge < -0.3 is 14.5 Å². The van der Waals surface area contributed by atoms with E-state index >= 15 is 0 Å². The highest BCUT2D eigenvalue weighted by Crippen LogP contribution is 2.17. The van der Waals surface area contributed by atoms with Crippen molar-refractivity contribution in [3.63, 3.8) is 0 Å². The van der Waals surface area contributed by atoms with Gasteiger partial charge in [0.15, 0.2) is 12.3 Å². The number of ether oxygens (including phenoxy) is 1. The maximum Gasteiger partial charge on any atom is 0.273 e. The van der Waals surface area contributed by atoms with Crippen LogP contribution in [0.3, 0.4) is 0 Å². The molecule has 3 aromatic rings. The number of nitrogens with one attached hydrogen (secondary N) is 1. The fourth-order valence-corrected chi connectivity index (χ4v) is 2.79. The first-order valence-electron chi connectivity index (χ1n) is 7.57. The van der Waals surface area contributed by atoms with Gasteiger partial charge in [-0.2, -0.15) is 0 Å². The summed E-state index contributed by atoms with van der Waals surface area (Å²) in [6, 6.07) is 5.37. The number of rotatable bonds is 6. The molecular formula is C17H16FN3O3S. The first kappa shape index (κ1) is 17.1. The second-order valence-electron chi connectivity index (χ2n) is 5.36. The van der Waals surface area contributed by atoms with Gasteiger partial charge in [0.05, 0.1) is 16.7 Å². The molecule has 1 amide bonds. The maximum atomic E-state index is 12.8. The van der Waals surface area contributed by atoms with Gasteiger partial charge in [0, 0.05) is 5.38 Å². The first-order chi connectivity index (χ1) is 12.0. The lowest BCUT2D eigenvalue weighted by Gasteiger charge is -2.09. The van der Waals surface area contributed by atoms with Crippen molar-refractivity contribution in [3.8, 4) is 5.75 Å². The van der Waals surface area contributed by atoms with E-state index in [1.165, 1.54) is 41.9 Å². The molecule has 130 valence electrons. The number of halogens is 1. The number of carbonyl (C=O) groups is 1. The van der Waals surface area contributed by atoms with Gasteiger partial charge in [-0.3, -0.25) is 4.79 Å². The third kappa shape index (κ3) is 4.42. The van der Waals surface area contributed by atoms with Gasteiger partial charge in [-0.1, -0.05) is 0 Å². The summed E-state index contributed by atoms with van der Waals surface area (Å²) in [4.78, 5) is 20.7. The molecule has 0 saturated heterocycles. The minimum absolute atomic E-state index is 0.0414. The lowest BCUT2D eigenvalue weighted by atomic mass is 10.2. The quantitative estimate of drug-likeness (QED) is 0.725. The standard InChI is InChI=1S/C17H16FN3O3S/c1-10(15-9-25-11(2)20-15)19-17(22)14-7-24-16(21-14)8-23-13-5-3-12(18)4-6-13/h3-7,9-10H,8H2,1-2H3,(H,19,22)/t10-/m0/s1. The molecule has 2 aromatic heterocycles. The highest BCUT2D eigenvalue weighted by molar-refractivity contribution is 7.09. The highest BCUT2D eigenvalue weighted by atomic mass is 32.1. The zero-order chi connectivity index (χ0) is 17.8. The van der Waals surface area contributed by atoms with Crippen LogP contribution < -0.4 is 10.1 Å². The summed E-state index contributed by atoms with van der Waals surface area (Å²) >= 11 is 1.53. The van der Waals surface area contributed by atoms with Crippen LogP contribution in [0.25, 0.3) is 0 Å². The molecule has 1 aromatic carbocycles. The Morgan fingerprint density at radius 3 is 2.80 bits per heavy atom. The van der Waals surface area contributed by atoms with Crippen molar-refractivity contribution in [2.75, 3.05) is 0 Å². The number of hydrogen-bond acceptors (Lipinski definition) is 6. The van der Waals surface area contributed by atoms with Crippen LogP contribution in [0, 0.1) is 12.7 Å². The minimum atomic E-state index is -0.352. The molecule has 0 aliphatic rings. The van der Waals surface area contributed by atoms with Crippen LogP contribution >= 0.6 is 11.3 Å². The largest absolute Gasteiger partial charge is 0.484 e. The Kier molecular flexibility index (Phi) is 5.08. The molecule has 0 radical (unpaired) electrons. The maximum absolute atomic E-state index is 12.8. The summed E-state index contributed by atoms with van der Waals surface area (Å²) in [5.74, 6) is 0.0477. The van der Waals surface area contributed by atoms with Crippen LogP contribution in [0.2, 0.25) is 0 Å².